The first-order chi connectivity index (χ1) is 17.4. The normalized spacial score (nSPS) is 16.1. The molecule has 3 aromatic rings. The summed E-state index contributed by atoms with van der Waals surface area (Å²) in [5, 5.41) is 9.25. The fourth-order valence-electron chi connectivity index (χ4n) is 5.71. The fraction of sp³-hybridized carbons (Fsp3) is 0.333. The second kappa shape index (κ2) is 9.76. The van der Waals surface area contributed by atoms with E-state index in [4.69, 9.17) is 4.74 Å². The molecule has 0 radical (unpaired) electrons. The van der Waals surface area contributed by atoms with Crippen molar-refractivity contribution >= 4 is 11.9 Å². The van der Waals surface area contributed by atoms with E-state index in [1.807, 2.05) is 23.1 Å². The van der Waals surface area contributed by atoms with Crippen molar-refractivity contribution in [1.29, 1.82) is 0 Å². The first-order valence-corrected chi connectivity index (χ1v) is 12.4. The molecule has 0 aromatic heterocycles. The highest BCUT2D eigenvalue weighted by Crippen LogP contribution is 2.47. The zero-order valence-electron chi connectivity index (χ0n) is 20.4. The van der Waals surface area contributed by atoms with Crippen molar-refractivity contribution in [3.8, 4) is 16.9 Å². The van der Waals surface area contributed by atoms with Gasteiger partial charge >= 0.3 is 5.97 Å². The Kier molecular flexibility index (Phi) is 6.52. The van der Waals surface area contributed by atoms with Gasteiger partial charge in [0.1, 0.15) is 11.6 Å². The maximum absolute atomic E-state index is 14.9. The zero-order chi connectivity index (χ0) is 25.3. The Morgan fingerprint density at radius 1 is 1.03 bits per heavy atom. The van der Waals surface area contributed by atoms with Crippen molar-refractivity contribution in [2.45, 2.75) is 50.5 Å². The average molecular weight is 488 g/mol. The van der Waals surface area contributed by atoms with E-state index in [2.05, 4.69) is 12.1 Å². The van der Waals surface area contributed by atoms with Crippen LogP contribution in [0.5, 0.6) is 5.75 Å². The highest BCUT2D eigenvalue weighted by atomic mass is 19.1. The predicted molar refractivity (Wildman–Crippen MR) is 135 cm³/mol. The van der Waals surface area contributed by atoms with Crippen molar-refractivity contribution in [1.82, 2.24) is 4.90 Å². The molecule has 1 saturated carbocycles. The van der Waals surface area contributed by atoms with Gasteiger partial charge in [0.05, 0.1) is 13.5 Å². The van der Waals surface area contributed by atoms with Crippen molar-refractivity contribution in [3.05, 3.63) is 88.7 Å². The number of amides is 1. The molecule has 1 N–H and O–H groups in total. The van der Waals surface area contributed by atoms with Gasteiger partial charge in [-0.05, 0) is 65.3 Å². The molecule has 1 heterocycles. The van der Waals surface area contributed by atoms with Gasteiger partial charge < -0.3 is 14.7 Å². The number of benzene rings is 3. The van der Waals surface area contributed by atoms with Crippen molar-refractivity contribution in [2.75, 3.05) is 13.7 Å². The van der Waals surface area contributed by atoms with Crippen LogP contribution in [-0.4, -0.2) is 35.5 Å². The Morgan fingerprint density at radius 3 is 2.47 bits per heavy atom. The third kappa shape index (κ3) is 4.48. The number of hydrogen-bond acceptors (Lipinski definition) is 3. The molecule has 6 heteroatoms. The summed E-state index contributed by atoms with van der Waals surface area (Å²) >= 11 is 0. The molecule has 0 spiro atoms. The van der Waals surface area contributed by atoms with Crippen LogP contribution < -0.4 is 4.74 Å². The largest absolute Gasteiger partial charge is 0.496 e. The number of carboxylic acids is 1. The highest BCUT2D eigenvalue weighted by Gasteiger charge is 2.41. The molecule has 0 bridgehead atoms. The van der Waals surface area contributed by atoms with Crippen LogP contribution in [0.3, 0.4) is 0 Å². The molecular weight excluding hydrogens is 457 g/mol. The standard InChI is InChI=1S/C30H30FNO4/c1-36-27-11-8-20(17-29(34)35)16-24(27)22-9-10-26(31)23-12-15-32(19-25(22)23)28(33)18-30(13-5-14-30)21-6-3-2-4-7-21/h2-4,6-11,16H,5,12-15,17-19H2,1H3,(H,34,35). The summed E-state index contributed by atoms with van der Waals surface area (Å²) in [5.74, 6) is -0.529. The Bertz CT molecular complexity index is 1300. The maximum atomic E-state index is 14.9. The summed E-state index contributed by atoms with van der Waals surface area (Å²) in [6.07, 6.45) is 3.89. The fourth-order valence-corrected chi connectivity index (χ4v) is 5.71. The number of carbonyl (C=O) groups excluding carboxylic acids is 1. The quantitative estimate of drug-likeness (QED) is 0.476. The van der Waals surface area contributed by atoms with E-state index in [9.17, 15) is 19.1 Å². The van der Waals surface area contributed by atoms with E-state index in [1.54, 1.807) is 31.4 Å². The molecular formula is C30H30FNO4. The lowest BCUT2D eigenvalue weighted by Crippen LogP contribution is -2.43. The number of nitrogens with zero attached hydrogens (tertiary/aromatic N) is 1. The lowest BCUT2D eigenvalue weighted by atomic mass is 9.62. The Balaban J connectivity index is 1.46. The van der Waals surface area contributed by atoms with Crippen LogP contribution in [-0.2, 0) is 34.4 Å². The number of methoxy groups -OCH3 is 1. The number of rotatable bonds is 7. The summed E-state index contributed by atoms with van der Waals surface area (Å²) in [4.78, 5) is 26.7. The molecule has 3 aromatic carbocycles. The van der Waals surface area contributed by atoms with E-state index in [0.717, 1.165) is 30.4 Å². The van der Waals surface area contributed by atoms with E-state index in [-0.39, 0.29) is 23.6 Å². The number of hydrogen-bond donors (Lipinski definition) is 1. The lowest BCUT2D eigenvalue weighted by molar-refractivity contribution is -0.136. The Labute approximate surface area is 210 Å². The molecule has 36 heavy (non-hydrogen) atoms. The van der Waals surface area contributed by atoms with Crippen molar-refractivity contribution < 1.29 is 23.8 Å². The van der Waals surface area contributed by atoms with E-state index >= 15 is 0 Å². The summed E-state index contributed by atoms with van der Waals surface area (Å²) in [6.45, 7) is 0.797. The molecule has 5 nitrogen and oxygen atoms in total. The molecule has 1 amide bonds. The van der Waals surface area contributed by atoms with E-state index in [1.165, 1.54) is 11.6 Å². The number of fused-ring (bicyclic) bond motifs is 1. The van der Waals surface area contributed by atoms with Gasteiger partial charge in [0.2, 0.25) is 5.91 Å². The number of ether oxygens (including phenoxy) is 1. The summed E-state index contributed by atoms with van der Waals surface area (Å²) in [5.41, 5.74) is 4.60. The molecule has 1 aliphatic heterocycles. The van der Waals surface area contributed by atoms with Gasteiger partial charge in [-0.25, -0.2) is 4.39 Å². The predicted octanol–water partition coefficient (Wildman–Crippen LogP) is 5.53. The van der Waals surface area contributed by atoms with Crippen LogP contribution >= 0.6 is 0 Å². The molecule has 1 aliphatic carbocycles. The van der Waals surface area contributed by atoms with E-state index in [0.29, 0.717) is 48.4 Å². The number of carbonyl (C=O) groups is 2. The van der Waals surface area contributed by atoms with Gasteiger partial charge in [-0.1, -0.05) is 48.9 Å². The Hall–Kier alpha value is -3.67. The average Bonchev–Trinajstić information content (AvgIpc) is 2.86. The summed E-state index contributed by atoms with van der Waals surface area (Å²) < 4.78 is 20.4. The minimum absolute atomic E-state index is 0.0889. The van der Waals surface area contributed by atoms with E-state index < -0.39 is 5.97 Å². The van der Waals surface area contributed by atoms with Crippen LogP contribution in [0.25, 0.3) is 11.1 Å². The molecule has 0 saturated heterocycles. The number of carboxylic acid groups (broad SMARTS) is 1. The van der Waals surface area contributed by atoms with Gasteiger partial charge in [0.15, 0.2) is 0 Å². The lowest BCUT2D eigenvalue weighted by Gasteiger charge is -2.43. The molecule has 0 atom stereocenters. The summed E-state index contributed by atoms with van der Waals surface area (Å²) in [6, 6.07) is 18.7. The maximum Gasteiger partial charge on any atom is 0.307 e. The van der Waals surface area contributed by atoms with Crippen LogP contribution in [0.4, 0.5) is 4.39 Å². The molecule has 1 fully saturated rings. The third-order valence-corrected chi connectivity index (χ3v) is 7.80. The van der Waals surface area contributed by atoms with Crippen LogP contribution in [0.2, 0.25) is 0 Å². The number of aliphatic carboxylic acids is 1. The first-order valence-electron chi connectivity index (χ1n) is 12.4. The minimum Gasteiger partial charge on any atom is -0.496 e. The first kappa shape index (κ1) is 24.0. The Morgan fingerprint density at radius 2 is 1.81 bits per heavy atom. The monoisotopic (exact) mass is 487 g/mol. The van der Waals surface area contributed by atoms with Gasteiger partial charge in [-0.2, -0.15) is 0 Å². The van der Waals surface area contributed by atoms with Crippen molar-refractivity contribution in [3.63, 3.8) is 0 Å². The van der Waals surface area contributed by atoms with Gasteiger partial charge in [0, 0.05) is 30.5 Å². The van der Waals surface area contributed by atoms with Gasteiger partial charge in [-0.15, -0.1) is 0 Å². The van der Waals surface area contributed by atoms with Gasteiger partial charge in [0.25, 0.3) is 0 Å². The SMILES string of the molecule is COc1ccc(CC(=O)O)cc1-c1ccc(F)c2c1CN(C(=O)CC1(c3ccccc3)CCC1)CC2. The highest BCUT2D eigenvalue weighted by molar-refractivity contribution is 5.81. The second-order valence-electron chi connectivity index (χ2n) is 9.90. The molecule has 2 aliphatic rings. The van der Waals surface area contributed by atoms with Gasteiger partial charge in [-0.3, -0.25) is 9.59 Å². The smallest absolute Gasteiger partial charge is 0.307 e. The van der Waals surface area contributed by atoms with Crippen LogP contribution in [0.1, 0.15) is 47.9 Å². The topological polar surface area (TPSA) is 66.8 Å². The zero-order valence-corrected chi connectivity index (χ0v) is 20.4. The molecule has 0 unspecified atom stereocenters. The van der Waals surface area contributed by atoms with Crippen molar-refractivity contribution in [2.24, 2.45) is 0 Å². The van der Waals surface area contributed by atoms with Crippen LogP contribution in [0, 0.1) is 5.82 Å². The third-order valence-electron chi connectivity index (χ3n) is 7.80. The molecule has 186 valence electrons. The minimum atomic E-state index is -0.924. The number of halogens is 1. The second-order valence-corrected chi connectivity index (χ2v) is 9.90. The molecule has 5 rings (SSSR count). The summed E-state index contributed by atoms with van der Waals surface area (Å²) in [7, 11) is 1.56. The van der Waals surface area contributed by atoms with Crippen LogP contribution in [0.15, 0.2) is 60.7 Å².